The van der Waals surface area contributed by atoms with E-state index in [1.807, 2.05) is 6.92 Å². The lowest BCUT2D eigenvalue weighted by Crippen LogP contribution is -2.25. The molecule has 3 aromatic rings. The number of fused-ring (bicyclic) bond motifs is 2. The maximum Gasteiger partial charge on any atom is 0.262 e. The van der Waals surface area contributed by atoms with Gasteiger partial charge in [-0.25, -0.2) is 8.42 Å². The molecule has 138 valence electrons. The molecule has 0 unspecified atom stereocenters. The van der Waals surface area contributed by atoms with Crippen molar-refractivity contribution in [2.45, 2.75) is 11.8 Å². The summed E-state index contributed by atoms with van der Waals surface area (Å²) in [4.78, 5) is 15.7. The van der Waals surface area contributed by atoms with Crippen LogP contribution in [0.1, 0.15) is 5.56 Å². The van der Waals surface area contributed by atoms with Crippen LogP contribution in [0.15, 0.2) is 47.5 Å². The third kappa shape index (κ3) is 3.17. The zero-order chi connectivity index (χ0) is 19.2. The Balaban J connectivity index is 1.78. The number of anilines is 2. The number of aryl methyl sites for hydroxylation is 1. The lowest BCUT2D eigenvalue weighted by Gasteiger charge is -2.19. The zero-order valence-corrected chi connectivity index (χ0v) is 15.7. The normalized spacial score (nSPS) is 13.6. The molecule has 2 aromatic carbocycles. The number of nitrogens with zero attached hydrogens (tertiary/aromatic N) is 1. The summed E-state index contributed by atoms with van der Waals surface area (Å²) in [5, 5.41) is 3.46. The molecule has 0 saturated carbocycles. The molecule has 2 N–H and O–H groups in total. The van der Waals surface area contributed by atoms with Crippen LogP contribution in [0.5, 0.6) is 5.75 Å². The fraction of sp³-hybridized carbons (Fsp3) is 0.111. The van der Waals surface area contributed by atoms with E-state index in [0.717, 1.165) is 5.56 Å². The number of carbonyl (C=O) groups is 1. The van der Waals surface area contributed by atoms with E-state index in [1.54, 1.807) is 24.4 Å². The quantitative estimate of drug-likeness (QED) is 0.699. The summed E-state index contributed by atoms with van der Waals surface area (Å²) in [7, 11) is -3.96. The monoisotopic (exact) mass is 403 g/mol. The van der Waals surface area contributed by atoms with Gasteiger partial charge in [0, 0.05) is 11.6 Å². The van der Waals surface area contributed by atoms with E-state index in [9.17, 15) is 13.2 Å². The van der Waals surface area contributed by atoms with Gasteiger partial charge in [0.05, 0.1) is 26.8 Å². The second kappa shape index (κ2) is 6.40. The van der Waals surface area contributed by atoms with E-state index in [4.69, 9.17) is 16.3 Å². The topological polar surface area (TPSA) is 97.4 Å². The van der Waals surface area contributed by atoms with Crippen LogP contribution in [0, 0.1) is 6.92 Å². The number of pyridine rings is 1. The van der Waals surface area contributed by atoms with Gasteiger partial charge in [0.15, 0.2) is 6.61 Å². The number of nitrogens with one attached hydrogen (secondary N) is 2. The first kappa shape index (κ1) is 17.6. The highest BCUT2D eigenvalue weighted by Crippen LogP contribution is 2.35. The first-order valence-corrected chi connectivity index (χ1v) is 9.84. The van der Waals surface area contributed by atoms with Crippen LogP contribution < -0.4 is 14.8 Å². The molecule has 0 spiro atoms. The van der Waals surface area contributed by atoms with E-state index >= 15 is 0 Å². The van der Waals surface area contributed by atoms with Gasteiger partial charge >= 0.3 is 0 Å². The predicted molar refractivity (Wildman–Crippen MR) is 103 cm³/mol. The lowest BCUT2D eigenvalue weighted by atomic mass is 10.1. The summed E-state index contributed by atoms with van der Waals surface area (Å²) >= 11 is 6.30. The summed E-state index contributed by atoms with van der Waals surface area (Å²) in [5.74, 6) is 0.0697. The molecule has 2 heterocycles. The first-order valence-electron chi connectivity index (χ1n) is 7.98. The van der Waals surface area contributed by atoms with Gasteiger partial charge in [0.1, 0.15) is 5.75 Å². The molecule has 7 nitrogen and oxygen atoms in total. The van der Waals surface area contributed by atoms with Crippen LogP contribution in [0.25, 0.3) is 10.9 Å². The van der Waals surface area contributed by atoms with Crippen molar-refractivity contribution in [1.29, 1.82) is 0 Å². The van der Waals surface area contributed by atoms with Crippen LogP contribution in [0.2, 0.25) is 5.02 Å². The van der Waals surface area contributed by atoms with Crippen molar-refractivity contribution >= 4 is 49.8 Å². The Morgan fingerprint density at radius 3 is 2.89 bits per heavy atom. The smallest absolute Gasteiger partial charge is 0.262 e. The largest absolute Gasteiger partial charge is 0.482 e. The third-order valence-corrected chi connectivity index (χ3v) is 5.81. The summed E-state index contributed by atoms with van der Waals surface area (Å²) in [5.41, 5.74) is 2.05. The second-order valence-corrected chi connectivity index (χ2v) is 8.14. The number of amides is 1. The van der Waals surface area contributed by atoms with Crippen molar-refractivity contribution in [1.82, 2.24) is 4.98 Å². The van der Waals surface area contributed by atoms with Crippen LogP contribution in [-0.2, 0) is 14.8 Å². The van der Waals surface area contributed by atoms with Crippen LogP contribution in [0.4, 0.5) is 11.4 Å². The van der Waals surface area contributed by atoms with Crippen molar-refractivity contribution < 1.29 is 17.9 Å². The molecular weight excluding hydrogens is 390 g/mol. The molecule has 27 heavy (non-hydrogen) atoms. The fourth-order valence-electron chi connectivity index (χ4n) is 2.91. The summed E-state index contributed by atoms with van der Waals surface area (Å²) < 4.78 is 33.6. The number of carbonyl (C=O) groups excluding carboxylic acids is 1. The van der Waals surface area contributed by atoms with Crippen molar-refractivity contribution in [3.63, 3.8) is 0 Å². The molecule has 1 amide bonds. The van der Waals surface area contributed by atoms with Gasteiger partial charge < -0.3 is 10.1 Å². The van der Waals surface area contributed by atoms with Gasteiger partial charge in [0.2, 0.25) is 0 Å². The molecular formula is C18H14ClN3O4S. The number of rotatable bonds is 3. The van der Waals surface area contributed by atoms with E-state index in [2.05, 4.69) is 15.0 Å². The van der Waals surface area contributed by atoms with E-state index < -0.39 is 10.0 Å². The molecule has 0 aliphatic carbocycles. The van der Waals surface area contributed by atoms with E-state index in [0.29, 0.717) is 22.3 Å². The minimum absolute atomic E-state index is 0.0271. The Kier molecular flexibility index (Phi) is 4.16. The maximum absolute atomic E-state index is 12.9. The summed E-state index contributed by atoms with van der Waals surface area (Å²) in [6, 6.07) is 9.37. The highest BCUT2D eigenvalue weighted by Gasteiger charge is 2.23. The lowest BCUT2D eigenvalue weighted by molar-refractivity contribution is -0.118. The minimum atomic E-state index is -3.96. The van der Waals surface area contributed by atoms with E-state index in [-0.39, 0.29) is 28.1 Å². The van der Waals surface area contributed by atoms with Crippen molar-refractivity contribution in [3.8, 4) is 5.75 Å². The van der Waals surface area contributed by atoms with Crippen LogP contribution in [-0.4, -0.2) is 25.9 Å². The second-order valence-electron chi connectivity index (χ2n) is 6.05. The molecule has 0 bridgehead atoms. The molecule has 1 aromatic heterocycles. The molecule has 9 heteroatoms. The molecule has 1 aliphatic heterocycles. The summed E-state index contributed by atoms with van der Waals surface area (Å²) in [6.07, 6.45) is 1.63. The minimum Gasteiger partial charge on any atom is -0.482 e. The van der Waals surface area contributed by atoms with Crippen molar-refractivity contribution in [2.24, 2.45) is 0 Å². The van der Waals surface area contributed by atoms with E-state index in [1.165, 1.54) is 18.2 Å². The maximum atomic E-state index is 12.9. The summed E-state index contributed by atoms with van der Waals surface area (Å²) in [6.45, 7) is 1.75. The van der Waals surface area contributed by atoms with Crippen LogP contribution >= 0.6 is 11.6 Å². The Bertz CT molecular complexity index is 1190. The first-order chi connectivity index (χ1) is 12.8. The highest BCUT2D eigenvalue weighted by atomic mass is 35.5. The number of halogens is 1. The Hall–Kier alpha value is -2.84. The number of aromatic nitrogens is 1. The molecule has 0 fully saturated rings. The highest BCUT2D eigenvalue weighted by molar-refractivity contribution is 7.92. The molecule has 4 rings (SSSR count). The average Bonchev–Trinajstić information content (AvgIpc) is 2.64. The van der Waals surface area contributed by atoms with Gasteiger partial charge in [0.25, 0.3) is 15.9 Å². The number of hydrogen-bond acceptors (Lipinski definition) is 5. The third-order valence-electron chi connectivity index (χ3n) is 4.16. The van der Waals surface area contributed by atoms with Crippen molar-refractivity contribution in [2.75, 3.05) is 16.6 Å². The van der Waals surface area contributed by atoms with Gasteiger partial charge in [-0.2, -0.15) is 0 Å². The zero-order valence-electron chi connectivity index (χ0n) is 14.1. The van der Waals surface area contributed by atoms with Crippen LogP contribution in [0.3, 0.4) is 0 Å². The number of sulfonamides is 1. The Morgan fingerprint density at radius 1 is 1.26 bits per heavy atom. The Morgan fingerprint density at radius 2 is 2.07 bits per heavy atom. The molecule has 0 saturated heterocycles. The SMILES string of the molecule is Cc1cc(Cl)c(NS(=O)(=O)c2ccc3c(c2)NC(=O)CO3)c2cccnc12. The predicted octanol–water partition coefficient (Wildman–Crippen LogP) is 3.33. The van der Waals surface area contributed by atoms with Gasteiger partial charge in [-0.1, -0.05) is 11.6 Å². The van der Waals surface area contributed by atoms with Crippen molar-refractivity contribution in [3.05, 3.63) is 53.2 Å². The fourth-order valence-corrected chi connectivity index (χ4v) is 4.40. The molecule has 0 radical (unpaired) electrons. The van der Waals surface area contributed by atoms with Gasteiger partial charge in [-0.15, -0.1) is 0 Å². The number of ether oxygens (including phenoxy) is 1. The standard InChI is InChI=1S/C18H14ClN3O4S/c1-10-7-13(19)18(12-3-2-6-20-17(10)12)22-27(24,25)11-4-5-15-14(8-11)21-16(23)9-26-15/h2-8,22H,9H2,1H3,(H,21,23). The van der Waals surface area contributed by atoms with Gasteiger partial charge in [-0.05, 0) is 48.9 Å². The molecule has 0 atom stereocenters. The number of hydrogen-bond donors (Lipinski definition) is 2. The number of benzene rings is 2. The average molecular weight is 404 g/mol. The van der Waals surface area contributed by atoms with Gasteiger partial charge in [-0.3, -0.25) is 14.5 Å². The molecule has 1 aliphatic rings. The Labute approximate surface area is 160 Å².